The summed E-state index contributed by atoms with van der Waals surface area (Å²) in [5.74, 6) is 0.375. The number of rotatable bonds is 6. The van der Waals surface area contributed by atoms with Gasteiger partial charge in [-0.05, 0) is 14.1 Å². The molecule has 1 aliphatic rings. The van der Waals surface area contributed by atoms with Crippen molar-refractivity contribution in [1.29, 1.82) is 0 Å². The van der Waals surface area contributed by atoms with Gasteiger partial charge < -0.3 is 9.80 Å². The maximum Gasteiger partial charge on any atom is 0.270 e. The van der Waals surface area contributed by atoms with E-state index in [2.05, 4.69) is 0 Å². The zero-order valence-electron chi connectivity index (χ0n) is 17.5. The van der Waals surface area contributed by atoms with Crippen LogP contribution in [0.2, 0.25) is 0 Å². The minimum atomic E-state index is -0.444. The number of nitro groups is 1. The third-order valence-corrected chi connectivity index (χ3v) is 5.28. The van der Waals surface area contributed by atoms with Gasteiger partial charge in [0.15, 0.2) is 5.82 Å². The number of carbonyl (C=O) groups is 1. The molecular formula is C23H23N5O3. The fourth-order valence-electron chi connectivity index (χ4n) is 3.64. The summed E-state index contributed by atoms with van der Waals surface area (Å²) in [7, 11) is 3.93. The molecular weight excluding hydrogens is 394 g/mol. The summed E-state index contributed by atoms with van der Waals surface area (Å²) in [4.78, 5) is 37.5. The van der Waals surface area contributed by atoms with Crippen LogP contribution in [0.15, 0.2) is 54.6 Å². The van der Waals surface area contributed by atoms with Crippen molar-refractivity contribution in [2.45, 2.75) is 6.42 Å². The van der Waals surface area contributed by atoms with E-state index in [1.807, 2.05) is 49.3 Å². The Morgan fingerprint density at radius 1 is 1.06 bits per heavy atom. The molecule has 1 aromatic heterocycles. The number of hydrogen-bond donors (Lipinski definition) is 0. The SMILES string of the molecule is CN(C)CCN1CCc2nc(-c3ccccc3)nc(-c3cccc([N+](=O)[O-])c3)c2C1=O. The highest BCUT2D eigenvalue weighted by molar-refractivity contribution is 6.02. The second-order valence-electron chi connectivity index (χ2n) is 7.74. The van der Waals surface area contributed by atoms with E-state index in [0.29, 0.717) is 47.8 Å². The molecule has 4 rings (SSSR count). The predicted molar refractivity (Wildman–Crippen MR) is 118 cm³/mol. The molecule has 2 aromatic carbocycles. The average molecular weight is 417 g/mol. The molecule has 158 valence electrons. The number of likely N-dealkylation sites (N-methyl/N-ethyl adjacent to an activating group) is 1. The van der Waals surface area contributed by atoms with E-state index in [1.165, 1.54) is 12.1 Å². The summed E-state index contributed by atoms with van der Waals surface area (Å²) < 4.78 is 0. The van der Waals surface area contributed by atoms with Gasteiger partial charge >= 0.3 is 0 Å². The lowest BCUT2D eigenvalue weighted by atomic mass is 9.97. The van der Waals surface area contributed by atoms with E-state index in [0.717, 1.165) is 12.1 Å². The van der Waals surface area contributed by atoms with Crippen LogP contribution in [0.5, 0.6) is 0 Å². The molecule has 31 heavy (non-hydrogen) atoms. The summed E-state index contributed by atoms with van der Waals surface area (Å²) in [6.45, 7) is 1.93. The largest absolute Gasteiger partial charge is 0.337 e. The van der Waals surface area contributed by atoms with Gasteiger partial charge in [-0.1, -0.05) is 42.5 Å². The molecule has 0 saturated heterocycles. The number of non-ortho nitro benzene ring substituents is 1. The van der Waals surface area contributed by atoms with E-state index < -0.39 is 4.92 Å². The number of amides is 1. The minimum Gasteiger partial charge on any atom is -0.337 e. The molecule has 0 aliphatic carbocycles. The number of carbonyl (C=O) groups excluding carboxylic acids is 1. The Morgan fingerprint density at radius 2 is 1.81 bits per heavy atom. The van der Waals surface area contributed by atoms with Crippen molar-refractivity contribution in [3.63, 3.8) is 0 Å². The van der Waals surface area contributed by atoms with Crippen LogP contribution in [0, 0.1) is 10.1 Å². The molecule has 0 bridgehead atoms. The highest BCUT2D eigenvalue weighted by atomic mass is 16.6. The molecule has 0 N–H and O–H groups in total. The van der Waals surface area contributed by atoms with Crippen LogP contribution in [-0.4, -0.2) is 64.3 Å². The van der Waals surface area contributed by atoms with Gasteiger partial charge in [0.05, 0.1) is 21.9 Å². The van der Waals surface area contributed by atoms with Gasteiger partial charge in [-0.25, -0.2) is 9.97 Å². The number of aromatic nitrogens is 2. The minimum absolute atomic E-state index is 0.0427. The van der Waals surface area contributed by atoms with Crippen molar-refractivity contribution in [2.75, 3.05) is 33.7 Å². The zero-order valence-corrected chi connectivity index (χ0v) is 17.5. The molecule has 0 spiro atoms. The van der Waals surface area contributed by atoms with E-state index in [9.17, 15) is 14.9 Å². The highest BCUT2D eigenvalue weighted by Gasteiger charge is 2.30. The molecule has 0 atom stereocenters. The van der Waals surface area contributed by atoms with Crippen LogP contribution in [-0.2, 0) is 6.42 Å². The molecule has 8 nitrogen and oxygen atoms in total. The normalized spacial score (nSPS) is 13.4. The topological polar surface area (TPSA) is 92.5 Å². The standard InChI is InChI=1S/C23H23N5O3/c1-26(2)13-14-27-12-11-19-20(23(27)29)21(17-9-6-10-18(15-17)28(30)31)25-22(24-19)16-7-4-3-5-8-16/h3-10,15H,11-14H2,1-2H3. The number of fused-ring (bicyclic) bond motifs is 1. The van der Waals surface area contributed by atoms with E-state index in [-0.39, 0.29) is 11.6 Å². The fraction of sp³-hybridized carbons (Fsp3) is 0.261. The van der Waals surface area contributed by atoms with Crippen molar-refractivity contribution in [1.82, 2.24) is 19.8 Å². The second-order valence-corrected chi connectivity index (χ2v) is 7.74. The molecule has 1 amide bonds. The lowest BCUT2D eigenvalue weighted by Crippen LogP contribution is -2.42. The number of benzene rings is 2. The Labute approximate surface area is 180 Å². The summed E-state index contributed by atoms with van der Waals surface area (Å²) in [5.41, 5.74) is 2.88. The monoisotopic (exact) mass is 417 g/mol. The van der Waals surface area contributed by atoms with Crippen molar-refractivity contribution in [3.8, 4) is 22.6 Å². The van der Waals surface area contributed by atoms with Gasteiger partial charge in [0.25, 0.3) is 11.6 Å². The van der Waals surface area contributed by atoms with Gasteiger partial charge in [-0.15, -0.1) is 0 Å². The quantitative estimate of drug-likeness (QED) is 0.451. The smallest absolute Gasteiger partial charge is 0.270 e. The van der Waals surface area contributed by atoms with Crippen molar-refractivity contribution < 1.29 is 9.72 Å². The molecule has 3 aromatic rings. The fourth-order valence-corrected chi connectivity index (χ4v) is 3.64. The Kier molecular flexibility index (Phi) is 5.73. The van der Waals surface area contributed by atoms with Crippen molar-refractivity contribution in [3.05, 3.63) is 76.0 Å². The first-order chi connectivity index (χ1) is 14.9. The third-order valence-electron chi connectivity index (χ3n) is 5.28. The molecule has 0 fully saturated rings. The number of hydrogen-bond acceptors (Lipinski definition) is 6. The number of nitrogens with zero attached hydrogens (tertiary/aromatic N) is 5. The van der Waals surface area contributed by atoms with Crippen LogP contribution in [0.1, 0.15) is 16.1 Å². The molecule has 0 radical (unpaired) electrons. The van der Waals surface area contributed by atoms with Gasteiger partial charge in [-0.3, -0.25) is 14.9 Å². The first-order valence-corrected chi connectivity index (χ1v) is 10.1. The lowest BCUT2D eigenvalue weighted by molar-refractivity contribution is -0.384. The summed E-state index contributed by atoms with van der Waals surface area (Å²) in [6.07, 6.45) is 0.610. The van der Waals surface area contributed by atoms with Gasteiger partial charge in [0, 0.05) is 49.3 Å². The third kappa shape index (κ3) is 4.29. The Hall–Kier alpha value is -3.65. The maximum atomic E-state index is 13.4. The molecule has 1 aliphatic heterocycles. The van der Waals surface area contributed by atoms with Crippen molar-refractivity contribution in [2.24, 2.45) is 0 Å². The second kappa shape index (κ2) is 8.61. The van der Waals surface area contributed by atoms with Gasteiger partial charge in [-0.2, -0.15) is 0 Å². The maximum absolute atomic E-state index is 13.4. The lowest BCUT2D eigenvalue weighted by Gasteiger charge is -2.30. The summed E-state index contributed by atoms with van der Waals surface area (Å²) in [5, 5.41) is 11.3. The molecule has 0 unspecified atom stereocenters. The van der Waals surface area contributed by atoms with Crippen molar-refractivity contribution >= 4 is 11.6 Å². The van der Waals surface area contributed by atoms with E-state index >= 15 is 0 Å². The Morgan fingerprint density at radius 3 is 2.52 bits per heavy atom. The number of nitro benzene ring substituents is 1. The van der Waals surface area contributed by atoms with Crippen LogP contribution in [0.3, 0.4) is 0 Å². The van der Waals surface area contributed by atoms with Crippen LogP contribution in [0.25, 0.3) is 22.6 Å². The van der Waals surface area contributed by atoms with Crippen LogP contribution >= 0.6 is 0 Å². The highest BCUT2D eigenvalue weighted by Crippen LogP contribution is 2.32. The predicted octanol–water partition coefficient (Wildman–Crippen LogP) is 3.28. The first kappa shape index (κ1) is 20.6. The molecule has 2 heterocycles. The molecule has 8 heteroatoms. The van der Waals surface area contributed by atoms with E-state index in [4.69, 9.17) is 9.97 Å². The average Bonchev–Trinajstić information content (AvgIpc) is 2.78. The zero-order chi connectivity index (χ0) is 22.0. The van der Waals surface area contributed by atoms with E-state index in [1.54, 1.807) is 17.0 Å². The van der Waals surface area contributed by atoms with Gasteiger partial charge in [0.1, 0.15) is 0 Å². The van der Waals surface area contributed by atoms with Crippen LogP contribution in [0.4, 0.5) is 5.69 Å². The summed E-state index contributed by atoms with van der Waals surface area (Å²) in [6, 6.07) is 15.8. The first-order valence-electron chi connectivity index (χ1n) is 10.1. The summed E-state index contributed by atoms with van der Waals surface area (Å²) >= 11 is 0. The Bertz CT molecular complexity index is 1130. The molecule has 0 saturated carbocycles. The van der Waals surface area contributed by atoms with Crippen LogP contribution < -0.4 is 0 Å². The van der Waals surface area contributed by atoms with Gasteiger partial charge in [0.2, 0.25) is 0 Å². The Balaban J connectivity index is 1.86.